The molecular formula is C39H30F6O5. The predicted molar refractivity (Wildman–Crippen MR) is 178 cm³/mol. The Morgan fingerprint density at radius 2 is 0.960 bits per heavy atom. The molecule has 11 heteroatoms. The van der Waals surface area contributed by atoms with E-state index in [0.717, 1.165) is 23.3 Å². The number of aliphatic hydroxyl groups is 1. The average Bonchev–Trinajstić information content (AvgIpc) is 3.05. The summed E-state index contributed by atoms with van der Waals surface area (Å²) in [4.78, 5) is 25.6. The van der Waals surface area contributed by atoms with Crippen molar-refractivity contribution in [3.05, 3.63) is 139 Å². The van der Waals surface area contributed by atoms with Crippen LogP contribution in [0.2, 0.25) is 0 Å². The van der Waals surface area contributed by atoms with Crippen LogP contribution in [-0.4, -0.2) is 11.2 Å². The molecule has 0 radical (unpaired) electrons. The zero-order valence-electron chi connectivity index (χ0n) is 26.8. The molecule has 0 spiro atoms. The average molecular weight is 693 g/mol. The lowest BCUT2D eigenvalue weighted by Gasteiger charge is -2.14. The summed E-state index contributed by atoms with van der Waals surface area (Å²) in [5.74, 6) is 0. The zero-order chi connectivity index (χ0) is 36.0. The van der Waals surface area contributed by atoms with Crippen LogP contribution in [0.15, 0.2) is 103 Å². The lowest BCUT2D eigenvalue weighted by Crippen LogP contribution is -2.12. The van der Waals surface area contributed by atoms with Crippen LogP contribution < -0.4 is 11.3 Å². The Morgan fingerprint density at radius 3 is 1.34 bits per heavy atom. The summed E-state index contributed by atoms with van der Waals surface area (Å²) >= 11 is 0. The van der Waals surface area contributed by atoms with Crippen molar-refractivity contribution < 1.29 is 40.3 Å². The molecular weight excluding hydrogens is 662 g/mol. The van der Waals surface area contributed by atoms with Gasteiger partial charge in [-0.25, -0.2) is 9.59 Å². The van der Waals surface area contributed by atoms with Crippen molar-refractivity contribution in [1.29, 1.82) is 0 Å². The third-order valence-electron chi connectivity index (χ3n) is 8.67. The Bertz CT molecular complexity index is 2190. The molecule has 2 aromatic heterocycles. The van der Waals surface area contributed by atoms with Crippen LogP contribution in [0.4, 0.5) is 26.3 Å². The summed E-state index contributed by atoms with van der Waals surface area (Å²) in [5, 5.41) is 11.6. The Hall–Kier alpha value is -5.16. The van der Waals surface area contributed by atoms with Crippen molar-refractivity contribution in [1.82, 2.24) is 0 Å². The Balaban J connectivity index is 1.13. The SMILES string of the molecule is Cc1ccc(-c2cc3ccc(CCC(O)CCc4ccc5cc(-c6ccc(C)cc6C(F)(F)F)c(=O)oc5c4)cc3oc2=O)c(C(F)(F)F)c1. The fraction of sp³-hybridized carbons (Fsp3) is 0.231. The molecule has 2 heterocycles. The quantitative estimate of drug-likeness (QED) is 0.127. The maximum Gasteiger partial charge on any atom is 0.417 e. The van der Waals surface area contributed by atoms with E-state index < -0.39 is 40.8 Å². The number of hydrogen-bond acceptors (Lipinski definition) is 5. The molecule has 50 heavy (non-hydrogen) atoms. The van der Waals surface area contributed by atoms with Crippen molar-refractivity contribution in [3.8, 4) is 22.3 Å². The second-order valence-electron chi connectivity index (χ2n) is 12.5. The van der Waals surface area contributed by atoms with E-state index >= 15 is 0 Å². The number of fused-ring (bicyclic) bond motifs is 2. The second-order valence-corrected chi connectivity index (χ2v) is 12.5. The summed E-state index contributed by atoms with van der Waals surface area (Å²) < 4.78 is 93.1. The Labute approximate surface area is 281 Å². The van der Waals surface area contributed by atoms with Crippen molar-refractivity contribution in [2.45, 2.75) is 58.0 Å². The first-order chi connectivity index (χ1) is 23.6. The van der Waals surface area contributed by atoms with E-state index in [1.165, 1.54) is 50.2 Å². The summed E-state index contributed by atoms with van der Waals surface area (Å²) in [6.45, 7) is 3.07. The highest BCUT2D eigenvalue weighted by Gasteiger charge is 2.35. The van der Waals surface area contributed by atoms with Gasteiger partial charge >= 0.3 is 23.6 Å². The number of alkyl halides is 6. The van der Waals surface area contributed by atoms with Gasteiger partial charge in [0.25, 0.3) is 0 Å². The topological polar surface area (TPSA) is 80.7 Å². The fourth-order valence-electron chi connectivity index (χ4n) is 6.06. The van der Waals surface area contributed by atoms with Crippen molar-refractivity contribution in [3.63, 3.8) is 0 Å². The van der Waals surface area contributed by atoms with Gasteiger partial charge in [0.15, 0.2) is 0 Å². The smallest absolute Gasteiger partial charge is 0.417 e. The lowest BCUT2D eigenvalue weighted by molar-refractivity contribution is -0.138. The maximum absolute atomic E-state index is 13.7. The third kappa shape index (κ3) is 7.38. The molecule has 1 N–H and O–H groups in total. The highest BCUT2D eigenvalue weighted by molar-refractivity contribution is 5.84. The number of aliphatic hydroxyl groups excluding tert-OH is 1. The molecule has 5 nitrogen and oxygen atoms in total. The molecule has 0 saturated heterocycles. The summed E-state index contributed by atoms with van der Waals surface area (Å²) in [6.07, 6.45) is -8.48. The van der Waals surface area contributed by atoms with Gasteiger partial charge < -0.3 is 13.9 Å². The molecule has 0 saturated carbocycles. The van der Waals surface area contributed by atoms with Crippen LogP contribution in [0.3, 0.4) is 0 Å². The normalized spacial score (nSPS) is 12.4. The van der Waals surface area contributed by atoms with E-state index in [1.807, 2.05) is 0 Å². The number of benzene rings is 4. The standard InChI is InChI=1S/C39H30F6O5/c1-21-3-13-28(32(15-21)38(40,41)42)30-19-25-9-5-23(17-34(25)49-36(30)47)7-11-27(46)12-8-24-6-10-26-20-31(37(48)50-35(26)18-24)29-14-4-22(2)16-33(29)39(43,44)45/h3-6,9-10,13-20,27,46H,7-8,11-12H2,1-2H3. The van der Waals surface area contributed by atoms with Crippen molar-refractivity contribution in [2.24, 2.45) is 0 Å². The molecule has 0 fully saturated rings. The molecule has 258 valence electrons. The van der Waals surface area contributed by atoms with Crippen molar-refractivity contribution in [2.75, 3.05) is 0 Å². The van der Waals surface area contributed by atoms with Crippen LogP contribution in [0.1, 0.15) is 46.2 Å². The molecule has 0 aliphatic carbocycles. The van der Waals surface area contributed by atoms with Crippen LogP contribution >= 0.6 is 0 Å². The first-order valence-corrected chi connectivity index (χ1v) is 15.7. The molecule has 6 rings (SSSR count). The van der Waals surface area contributed by atoms with E-state index in [2.05, 4.69) is 0 Å². The van der Waals surface area contributed by atoms with Gasteiger partial charge in [0, 0.05) is 21.9 Å². The summed E-state index contributed by atoms with van der Waals surface area (Å²) in [5.41, 5.74) is -1.78. The second kappa shape index (κ2) is 13.3. The molecule has 0 aliphatic heterocycles. The molecule has 4 aromatic carbocycles. The van der Waals surface area contributed by atoms with Crippen LogP contribution in [-0.2, 0) is 25.2 Å². The zero-order valence-corrected chi connectivity index (χ0v) is 26.8. The van der Waals surface area contributed by atoms with Gasteiger partial charge in [-0.3, -0.25) is 0 Å². The van der Waals surface area contributed by atoms with E-state index in [1.54, 1.807) is 36.4 Å². The predicted octanol–water partition coefficient (Wildman–Crippen LogP) is 9.81. The molecule has 0 aliphatic rings. The molecule has 0 bridgehead atoms. The summed E-state index contributed by atoms with van der Waals surface area (Å²) in [6, 6.07) is 20.4. The van der Waals surface area contributed by atoms with Gasteiger partial charge in [-0.1, -0.05) is 59.7 Å². The fourth-order valence-corrected chi connectivity index (χ4v) is 6.06. The highest BCUT2D eigenvalue weighted by atomic mass is 19.4. The van der Waals surface area contributed by atoms with E-state index in [0.29, 0.717) is 47.6 Å². The Morgan fingerprint density at radius 1 is 0.560 bits per heavy atom. The minimum absolute atomic E-state index is 0.191. The number of aryl methyl sites for hydroxylation is 4. The lowest BCUT2D eigenvalue weighted by atomic mass is 9.96. The van der Waals surface area contributed by atoms with Gasteiger partial charge in [-0.15, -0.1) is 0 Å². The number of hydrogen-bond donors (Lipinski definition) is 1. The largest absolute Gasteiger partial charge is 0.422 e. The van der Waals surface area contributed by atoms with Crippen LogP contribution in [0.25, 0.3) is 44.2 Å². The van der Waals surface area contributed by atoms with Gasteiger partial charge in [-0.05, 0) is 87.1 Å². The Kier molecular flexibility index (Phi) is 9.21. The van der Waals surface area contributed by atoms with Gasteiger partial charge in [0.1, 0.15) is 11.2 Å². The van der Waals surface area contributed by atoms with E-state index in [4.69, 9.17) is 8.83 Å². The highest BCUT2D eigenvalue weighted by Crippen LogP contribution is 2.39. The molecule has 0 amide bonds. The molecule has 0 unspecified atom stereocenters. The summed E-state index contributed by atoms with van der Waals surface area (Å²) in [7, 11) is 0. The maximum atomic E-state index is 13.7. The van der Waals surface area contributed by atoms with Crippen molar-refractivity contribution >= 4 is 21.9 Å². The number of halogens is 6. The minimum atomic E-state index is -4.66. The third-order valence-corrected chi connectivity index (χ3v) is 8.67. The monoisotopic (exact) mass is 692 g/mol. The van der Waals surface area contributed by atoms with Gasteiger partial charge in [0.2, 0.25) is 0 Å². The minimum Gasteiger partial charge on any atom is -0.422 e. The first-order valence-electron chi connectivity index (χ1n) is 15.7. The van der Waals surface area contributed by atoms with E-state index in [-0.39, 0.29) is 33.4 Å². The molecule has 6 aromatic rings. The van der Waals surface area contributed by atoms with E-state index in [9.17, 15) is 41.0 Å². The first kappa shape index (κ1) is 34.7. The molecule has 0 atom stereocenters. The van der Waals surface area contributed by atoms with Crippen LogP contribution in [0, 0.1) is 13.8 Å². The van der Waals surface area contributed by atoms with Gasteiger partial charge in [0.05, 0.1) is 28.4 Å². The van der Waals surface area contributed by atoms with Gasteiger partial charge in [-0.2, -0.15) is 26.3 Å². The number of rotatable bonds is 8. The van der Waals surface area contributed by atoms with Crippen LogP contribution in [0.5, 0.6) is 0 Å².